The van der Waals surface area contributed by atoms with Crippen LogP contribution in [0.5, 0.6) is 0 Å². The van der Waals surface area contributed by atoms with Crippen molar-refractivity contribution in [1.29, 1.82) is 0 Å². The number of hydrogen-bond donors (Lipinski definition) is 0. The normalized spacial score (nSPS) is 20.3. The van der Waals surface area contributed by atoms with Gasteiger partial charge in [0.15, 0.2) is 8.32 Å². The number of ether oxygens (including phenoxy) is 1. The number of nitrogens with zero attached hydrogens (tertiary/aromatic N) is 1. The van der Waals surface area contributed by atoms with Crippen LogP contribution in [0.25, 0.3) is 0 Å². The molecule has 0 saturated carbocycles. The Balaban J connectivity index is 2.06. The fourth-order valence-electron chi connectivity index (χ4n) is 4.23. The number of carbonyl (C=O) groups is 1. The van der Waals surface area contributed by atoms with Gasteiger partial charge in [0.1, 0.15) is 5.60 Å². The molecule has 1 heterocycles. The number of rotatable bonds is 5. The molecule has 1 saturated heterocycles. The monoisotopic (exact) mass is 545 g/mol. The molecule has 0 aromatic heterocycles. The van der Waals surface area contributed by atoms with E-state index in [1.165, 1.54) is 0 Å². The molecule has 34 heavy (non-hydrogen) atoms. The average molecular weight is 547 g/mol. The lowest BCUT2D eigenvalue weighted by Gasteiger charge is -2.43. The minimum Gasteiger partial charge on any atom is -0.444 e. The van der Waals surface area contributed by atoms with Gasteiger partial charge >= 0.3 is 6.09 Å². The standard InChI is InChI=1S/C28H40BrNO3Si/c1-27(2,3)32-26(31)30-23(20-14-16-22(29)17-15-20)18-19-24(30)25(21-12-10-9-11-13-21)33-34(7,8)28(4,5)6/h9-17,23-25H,18-19H2,1-8H3/t23-,24+,25+/m0/s1. The Hall–Kier alpha value is -1.63. The third-order valence-electron chi connectivity index (χ3n) is 6.99. The first-order chi connectivity index (χ1) is 15.7. The maximum atomic E-state index is 13.7. The van der Waals surface area contributed by atoms with Gasteiger partial charge in [0.05, 0.1) is 18.2 Å². The zero-order valence-electron chi connectivity index (χ0n) is 21.9. The largest absolute Gasteiger partial charge is 0.444 e. The Bertz CT molecular complexity index is 964. The number of hydrogen-bond acceptors (Lipinski definition) is 3. The molecule has 186 valence electrons. The van der Waals surface area contributed by atoms with Crippen molar-refractivity contribution in [3.05, 3.63) is 70.2 Å². The van der Waals surface area contributed by atoms with E-state index in [0.29, 0.717) is 0 Å². The van der Waals surface area contributed by atoms with Crippen LogP contribution in [-0.2, 0) is 9.16 Å². The van der Waals surface area contributed by atoms with E-state index in [4.69, 9.17) is 9.16 Å². The third-order valence-corrected chi connectivity index (χ3v) is 12.0. The van der Waals surface area contributed by atoms with Crippen LogP contribution in [0, 0.1) is 0 Å². The maximum absolute atomic E-state index is 13.7. The first kappa shape index (κ1) is 27.0. The summed E-state index contributed by atoms with van der Waals surface area (Å²) in [5.74, 6) is 0. The maximum Gasteiger partial charge on any atom is 0.411 e. The summed E-state index contributed by atoms with van der Waals surface area (Å²) < 4.78 is 14.0. The van der Waals surface area contributed by atoms with Gasteiger partial charge in [-0.15, -0.1) is 0 Å². The van der Waals surface area contributed by atoms with Crippen molar-refractivity contribution in [1.82, 2.24) is 4.90 Å². The molecule has 2 aromatic carbocycles. The summed E-state index contributed by atoms with van der Waals surface area (Å²) in [6.45, 7) is 17.1. The lowest BCUT2D eigenvalue weighted by Crippen LogP contribution is -2.48. The quantitative estimate of drug-likeness (QED) is 0.352. The van der Waals surface area contributed by atoms with Gasteiger partial charge in [-0.2, -0.15) is 0 Å². The third kappa shape index (κ3) is 6.32. The molecule has 1 amide bonds. The highest BCUT2D eigenvalue weighted by Crippen LogP contribution is 2.47. The molecule has 1 aliphatic heterocycles. The van der Waals surface area contributed by atoms with Gasteiger partial charge in [-0.1, -0.05) is 79.2 Å². The van der Waals surface area contributed by atoms with Crippen LogP contribution in [0.2, 0.25) is 18.1 Å². The van der Waals surface area contributed by atoms with Gasteiger partial charge in [-0.3, -0.25) is 4.90 Å². The van der Waals surface area contributed by atoms with Crippen molar-refractivity contribution in [3.8, 4) is 0 Å². The van der Waals surface area contributed by atoms with Crippen molar-refractivity contribution in [2.75, 3.05) is 0 Å². The van der Waals surface area contributed by atoms with Crippen molar-refractivity contribution < 1.29 is 14.0 Å². The van der Waals surface area contributed by atoms with Crippen LogP contribution >= 0.6 is 15.9 Å². The van der Waals surface area contributed by atoms with Gasteiger partial charge in [0, 0.05) is 4.47 Å². The van der Waals surface area contributed by atoms with E-state index in [-0.39, 0.29) is 29.3 Å². The molecular formula is C28H40BrNO3Si. The SMILES string of the molecule is CC(C)(C)OC(=O)N1[C@@H]([C@H](O[Si](C)(C)C(C)(C)C)c2ccccc2)CC[C@H]1c1ccc(Br)cc1. The Kier molecular flexibility index (Phi) is 8.05. The Labute approximate surface area is 215 Å². The van der Waals surface area contributed by atoms with Crippen LogP contribution in [0.1, 0.15) is 77.7 Å². The van der Waals surface area contributed by atoms with Gasteiger partial charge in [-0.05, 0) is 75.0 Å². The minimum atomic E-state index is -2.12. The van der Waals surface area contributed by atoms with E-state index in [2.05, 4.69) is 86.2 Å². The molecule has 0 spiro atoms. The first-order valence-corrected chi connectivity index (χ1v) is 15.9. The highest BCUT2D eigenvalue weighted by Gasteiger charge is 2.48. The Morgan fingerprint density at radius 3 is 2.09 bits per heavy atom. The van der Waals surface area contributed by atoms with E-state index in [1.807, 2.05) is 43.9 Å². The van der Waals surface area contributed by atoms with E-state index in [1.54, 1.807) is 0 Å². The highest BCUT2D eigenvalue weighted by molar-refractivity contribution is 9.10. The average Bonchev–Trinajstić information content (AvgIpc) is 3.16. The second kappa shape index (κ2) is 10.2. The summed E-state index contributed by atoms with van der Waals surface area (Å²) >= 11 is 3.53. The smallest absolute Gasteiger partial charge is 0.411 e. The second-order valence-corrected chi connectivity index (χ2v) is 17.5. The highest BCUT2D eigenvalue weighted by atomic mass is 79.9. The van der Waals surface area contributed by atoms with Crippen molar-refractivity contribution in [2.45, 2.75) is 96.3 Å². The fourth-order valence-corrected chi connectivity index (χ4v) is 5.78. The number of likely N-dealkylation sites (tertiary alicyclic amines) is 1. The van der Waals surface area contributed by atoms with E-state index < -0.39 is 13.9 Å². The van der Waals surface area contributed by atoms with E-state index in [9.17, 15) is 4.79 Å². The summed E-state index contributed by atoms with van der Waals surface area (Å²) in [7, 11) is -2.12. The van der Waals surface area contributed by atoms with Crippen LogP contribution in [0.15, 0.2) is 59.1 Å². The number of amides is 1. The van der Waals surface area contributed by atoms with Crippen molar-refractivity contribution in [2.24, 2.45) is 0 Å². The van der Waals surface area contributed by atoms with Gasteiger partial charge in [0.25, 0.3) is 0 Å². The van der Waals surface area contributed by atoms with Crippen LogP contribution in [-0.4, -0.2) is 31.0 Å². The molecule has 0 radical (unpaired) electrons. The zero-order chi connectivity index (χ0) is 25.3. The van der Waals surface area contributed by atoms with E-state index >= 15 is 0 Å². The molecule has 4 nitrogen and oxygen atoms in total. The van der Waals surface area contributed by atoms with Gasteiger partial charge < -0.3 is 9.16 Å². The fraction of sp³-hybridized carbons (Fsp3) is 0.536. The predicted molar refractivity (Wildman–Crippen MR) is 145 cm³/mol. The number of benzene rings is 2. The summed E-state index contributed by atoms with van der Waals surface area (Å²) in [4.78, 5) is 15.6. The van der Waals surface area contributed by atoms with E-state index in [0.717, 1.165) is 28.4 Å². The molecule has 2 aromatic rings. The molecule has 1 aliphatic rings. The lowest BCUT2D eigenvalue weighted by atomic mass is 10.0. The Morgan fingerprint density at radius 1 is 0.971 bits per heavy atom. The molecule has 3 atom stereocenters. The zero-order valence-corrected chi connectivity index (χ0v) is 24.5. The summed E-state index contributed by atoms with van der Waals surface area (Å²) in [5, 5.41) is 0.0560. The molecule has 3 rings (SSSR count). The van der Waals surface area contributed by atoms with Gasteiger partial charge in [0.2, 0.25) is 0 Å². The predicted octanol–water partition coefficient (Wildman–Crippen LogP) is 8.65. The molecule has 0 unspecified atom stereocenters. The molecule has 0 N–H and O–H groups in total. The van der Waals surface area contributed by atoms with Gasteiger partial charge in [-0.25, -0.2) is 4.79 Å². The molecular weight excluding hydrogens is 506 g/mol. The van der Waals surface area contributed by atoms with Crippen LogP contribution in [0.4, 0.5) is 4.79 Å². The van der Waals surface area contributed by atoms with Crippen molar-refractivity contribution >= 4 is 30.3 Å². The Morgan fingerprint density at radius 2 is 1.56 bits per heavy atom. The van der Waals surface area contributed by atoms with Crippen LogP contribution < -0.4 is 0 Å². The molecule has 0 bridgehead atoms. The summed E-state index contributed by atoms with van der Waals surface area (Å²) in [5.41, 5.74) is 1.66. The lowest BCUT2D eigenvalue weighted by molar-refractivity contribution is -0.00275. The molecule has 6 heteroatoms. The van der Waals surface area contributed by atoms with Crippen molar-refractivity contribution in [3.63, 3.8) is 0 Å². The molecule has 1 fully saturated rings. The topological polar surface area (TPSA) is 38.8 Å². The summed E-state index contributed by atoms with van der Waals surface area (Å²) in [6, 6.07) is 18.5. The number of carbonyl (C=O) groups excluding carboxylic acids is 1. The van der Waals surface area contributed by atoms with Crippen LogP contribution in [0.3, 0.4) is 0 Å². The second-order valence-electron chi connectivity index (χ2n) is 11.8. The molecule has 0 aliphatic carbocycles. The summed E-state index contributed by atoms with van der Waals surface area (Å²) in [6.07, 6.45) is 1.24. The number of halogens is 1. The minimum absolute atomic E-state index is 0.0535. The first-order valence-electron chi connectivity index (χ1n) is 12.2.